The number of halogens is 2. The van der Waals surface area contributed by atoms with Crippen molar-refractivity contribution in [3.8, 4) is 0 Å². The van der Waals surface area contributed by atoms with Gasteiger partial charge >= 0.3 is 0 Å². The third-order valence-electron chi connectivity index (χ3n) is 2.63. The number of aromatic nitrogens is 1. The Bertz CT molecular complexity index is 511. The van der Waals surface area contributed by atoms with Gasteiger partial charge in [0.2, 0.25) is 0 Å². The summed E-state index contributed by atoms with van der Waals surface area (Å²) in [6.07, 6.45) is 4.39. The van der Waals surface area contributed by atoms with Crippen molar-refractivity contribution in [2.45, 2.75) is 26.2 Å². The minimum absolute atomic E-state index is 0.206. The Kier molecular flexibility index (Phi) is 3.39. The highest BCUT2D eigenvalue weighted by Crippen LogP contribution is 2.23. The molecule has 1 heterocycles. The second kappa shape index (κ2) is 4.79. The Hall–Kier alpha value is -1.15. The van der Waals surface area contributed by atoms with Gasteiger partial charge < -0.3 is 0 Å². The van der Waals surface area contributed by atoms with Crippen molar-refractivity contribution in [3.05, 3.63) is 40.9 Å². The van der Waals surface area contributed by atoms with Crippen LogP contribution in [0.5, 0.6) is 0 Å². The molecule has 2 rings (SSSR count). The Labute approximate surface area is 99.3 Å². The lowest BCUT2D eigenvalue weighted by Crippen LogP contribution is -1.96. The summed E-state index contributed by atoms with van der Waals surface area (Å²) in [7, 11) is 0. The summed E-state index contributed by atoms with van der Waals surface area (Å²) >= 11 is 5.84. The van der Waals surface area contributed by atoms with E-state index in [-0.39, 0.29) is 5.82 Å². The average molecular weight is 238 g/mol. The second-order valence-corrected chi connectivity index (χ2v) is 4.29. The number of hydrogen-bond donors (Lipinski definition) is 0. The van der Waals surface area contributed by atoms with Gasteiger partial charge in [0.1, 0.15) is 0 Å². The Balaban J connectivity index is 2.48. The first-order valence-electron chi connectivity index (χ1n) is 5.45. The van der Waals surface area contributed by atoms with Gasteiger partial charge in [-0.05, 0) is 31.0 Å². The van der Waals surface area contributed by atoms with Gasteiger partial charge in [-0.1, -0.05) is 24.9 Å². The van der Waals surface area contributed by atoms with E-state index in [4.69, 9.17) is 11.6 Å². The molecule has 1 nitrogen and oxygen atoms in total. The quantitative estimate of drug-likeness (QED) is 0.773. The van der Waals surface area contributed by atoms with Gasteiger partial charge in [-0.3, -0.25) is 4.98 Å². The molecular formula is C13H13ClFN. The van der Waals surface area contributed by atoms with Crippen molar-refractivity contribution >= 4 is 22.4 Å². The molecule has 16 heavy (non-hydrogen) atoms. The van der Waals surface area contributed by atoms with Crippen molar-refractivity contribution in [1.29, 1.82) is 0 Å². The summed E-state index contributed by atoms with van der Waals surface area (Å²) in [6, 6.07) is 5.15. The maximum atomic E-state index is 14.0. The van der Waals surface area contributed by atoms with Crippen molar-refractivity contribution in [2.75, 3.05) is 0 Å². The number of pyridine rings is 1. The van der Waals surface area contributed by atoms with Crippen LogP contribution in [0, 0.1) is 5.82 Å². The zero-order valence-corrected chi connectivity index (χ0v) is 9.89. The molecule has 0 aliphatic carbocycles. The first-order valence-corrected chi connectivity index (χ1v) is 5.83. The molecule has 0 amide bonds. The molecule has 0 fully saturated rings. The zero-order chi connectivity index (χ0) is 11.5. The van der Waals surface area contributed by atoms with Crippen LogP contribution in [0.3, 0.4) is 0 Å². The molecule has 1 aromatic carbocycles. The monoisotopic (exact) mass is 237 g/mol. The summed E-state index contributed by atoms with van der Waals surface area (Å²) in [6.45, 7) is 2.08. The number of unbranched alkanes of at least 4 members (excludes halogenated alkanes) is 1. The summed E-state index contributed by atoms with van der Waals surface area (Å²) in [4.78, 5) is 4.15. The van der Waals surface area contributed by atoms with Crippen molar-refractivity contribution in [2.24, 2.45) is 0 Å². The van der Waals surface area contributed by atoms with E-state index in [2.05, 4.69) is 11.9 Å². The number of benzene rings is 1. The molecule has 0 bridgehead atoms. The van der Waals surface area contributed by atoms with E-state index in [9.17, 15) is 4.39 Å². The number of rotatable bonds is 3. The van der Waals surface area contributed by atoms with Crippen LogP contribution < -0.4 is 0 Å². The Morgan fingerprint density at radius 2 is 2.19 bits per heavy atom. The molecule has 2 aromatic rings. The van der Waals surface area contributed by atoms with E-state index in [1.165, 1.54) is 0 Å². The van der Waals surface area contributed by atoms with Crippen LogP contribution in [-0.4, -0.2) is 4.98 Å². The van der Waals surface area contributed by atoms with Crippen LogP contribution in [0.1, 0.15) is 25.5 Å². The highest BCUT2D eigenvalue weighted by Gasteiger charge is 2.08. The molecule has 0 atom stereocenters. The standard InChI is InChI=1S/C13H13ClFN/c1-2-3-4-12-13(15)11-6-5-10(14)7-9(11)8-16-12/h5-8H,2-4H2,1H3. The summed E-state index contributed by atoms with van der Waals surface area (Å²) in [5, 5.41) is 1.96. The molecule has 0 saturated heterocycles. The normalized spacial score (nSPS) is 10.9. The molecular weight excluding hydrogens is 225 g/mol. The Morgan fingerprint density at radius 3 is 2.94 bits per heavy atom. The van der Waals surface area contributed by atoms with Crippen LogP contribution in [0.2, 0.25) is 5.02 Å². The lowest BCUT2D eigenvalue weighted by molar-refractivity contribution is 0.603. The Morgan fingerprint density at radius 1 is 1.38 bits per heavy atom. The van der Waals surface area contributed by atoms with Crippen LogP contribution in [0.25, 0.3) is 10.8 Å². The lowest BCUT2D eigenvalue weighted by atomic mass is 10.1. The molecule has 0 saturated carbocycles. The molecule has 0 unspecified atom stereocenters. The third-order valence-corrected chi connectivity index (χ3v) is 2.87. The van der Waals surface area contributed by atoms with E-state index in [0.717, 1.165) is 18.2 Å². The van der Waals surface area contributed by atoms with Gasteiger partial charge in [-0.2, -0.15) is 0 Å². The number of fused-ring (bicyclic) bond motifs is 1. The average Bonchev–Trinajstić information content (AvgIpc) is 2.28. The second-order valence-electron chi connectivity index (χ2n) is 3.85. The molecule has 3 heteroatoms. The highest BCUT2D eigenvalue weighted by molar-refractivity contribution is 6.31. The number of nitrogens with zero attached hydrogens (tertiary/aromatic N) is 1. The summed E-state index contributed by atoms with van der Waals surface area (Å²) in [5.41, 5.74) is 0.552. The molecule has 0 aliphatic heterocycles. The van der Waals surface area contributed by atoms with Crippen LogP contribution in [0.15, 0.2) is 24.4 Å². The molecule has 0 aliphatic rings. The lowest BCUT2D eigenvalue weighted by Gasteiger charge is -2.05. The van der Waals surface area contributed by atoms with Crippen molar-refractivity contribution < 1.29 is 4.39 Å². The van der Waals surface area contributed by atoms with Crippen LogP contribution >= 0.6 is 11.6 Å². The molecule has 0 N–H and O–H groups in total. The van der Waals surface area contributed by atoms with Gasteiger partial charge in [0.15, 0.2) is 5.82 Å². The van der Waals surface area contributed by atoms with E-state index in [1.54, 1.807) is 24.4 Å². The van der Waals surface area contributed by atoms with Gasteiger partial charge in [0.05, 0.1) is 5.69 Å². The minimum atomic E-state index is -0.206. The first-order chi connectivity index (χ1) is 7.72. The summed E-state index contributed by atoms with van der Waals surface area (Å²) < 4.78 is 14.0. The van der Waals surface area contributed by atoms with Crippen molar-refractivity contribution in [1.82, 2.24) is 4.98 Å². The maximum absolute atomic E-state index is 14.0. The molecule has 1 aromatic heterocycles. The predicted octanol–water partition coefficient (Wildman–Crippen LogP) is 4.37. The molecule has 84 valence electrons. The maximum Gasteiger partial charge on any atom is 0.152 e. The van der Waals surface area contributed by atoms with E-state index >= 15 is 0 Å². The minimum Gasteiger partial charge on any atom is -0.258 e. The van der Waals surface area contributed by atoms with Gasteiger partial charge in [0, 0.05) is 22.0 Å². The van der Waals surface area contributed by atoms with Gasteiger partial charge in [-0.15, -0.1) is 0 Å². The molecule has 0 radical (unpaired) electrons. The van der Waals surface area contributed by atoms with Crippen LogP contribution in [-0.2, 0) is 6.42 Å². The first kappa shape index (κ1) is 11.3. The topological polar surface area (TPSA) is 12.9 Å². The fraction of sp³-hybridized carbons (Fsp3) is 0.308. The number of aryl methyl sites for hydroxylation is 1. The molecule has 0 spiro atoms. The SMILES string of the molecule is CCCCc1ncc2cc(Cl)ccc2c1F. The summed E-state index contributed by atoms with van der Waals surface area (Å²) in [5.74, 6) is -0.206. The zero-order valence-electron chi connectivity index (χ0n) is 9.13. The highest BCUT2D eigenvalue weighted by atomic mass is 35.5. The fourth-order valence-corrected chi connectivity index (χ4v) is 1.90. The fourth-order valence-electron chi connectivity index (χ4n) is 1.72. The van der Waals surface area contributed by atoms with E-state index < -0.39 is 0 Å². The predicted molar refractivity (Wildman–Crippen MR) is 65.3 cm³/mol. The van der Waals surface area contributed by atoms with Gasteiger partial charge in [0.25, 0.3) is 0 Å². The smallest absolute Gasteiger partial charge is 0.152 e. The van der Waals surface area contributed by atoms with E-state index in [1.807, 2.05) is 0 Å². The van der Waals surface area contributed by atoms with Crippen LogP contribution in [0.4, 0.5) is 4.39 Å². The third kappa shape index (κ3) is 2.17. The van der Waals surface area contributed by atoms with Gasteiger partial charge in [-0.25, -0.2) is 4.39 Å². The largest absolute Gasteiger partial charge is 0.258 e. The van der Waals surface area contributed by atoms with Crippen molar-refractivity contribution in [3.63, 3.8) is 0 Å². The van der Waals surface area contributed by atoms with E-state index in [0.29, 0.717) is 22.5 Å². The number of hydrogen-bond acceptors (Lipinski definition) is 1.